The van der Waals surface area contributed by atoms with Gasteiger partial charge in [0.05, 0.1) is 19.0 Å². The fourth-order valence-electron chi connectivity index (χ4n) is 2.80. The van der Waals surface area contributed by atoms with Crippen molar-refractivity contribution in [3.63, 3.8) is 0 Å². The van der Waals surface area contributed by atoms with Crippen LogP contribution < -0.4 is 15.4 Å². The number of methoxy groups -OCH3 is 1. The quantitative estimate of drug-likeness (QED) is 0.614. The predicted molar refractivity (Wildman–Crippen MR) is 111 cm³/mol. The standard InChI is InChI=1S/C22H24N4O3/c1-3-7-20(27)24-17-12-10-16(11-13-17)14-23-22(28)21-19(29-2)15-26(25-21)18-8-5-4-6-9-18/h4-6,8-13,15H,3,7,14H2,1-2H3,(H,23,28)(H,24,27). The number of para-hydroxylation sites is 1. The second-order valence-electron chi connectivity index (χ2n) is 6.50. The number of carbonyl (C=O) groups excluding carboxylic acids is 2. The minimum atomic E-state index is -0.322. The Morgan fingerprint density at radius 1 is 1.07 bits per heavy atom. The highest BCUT2D eigenvalue weighted by atomic mass is 16.5. The minimum Gasteiger partial charge on any atom is -0.493 e. The van der Waals surface area contributed by atoms with Crippen molar-refractivity contribution in [2.45, 2.75) is 26.3 Å². The topological polar surface area (TPSA) is 85.3 Å². The molecule has 0 saturated carbocycles. The van der Waals surface area contributed by atoms with Crippen LogP contribution in [0.15, 0.2) is 60.8 Å². The van der Waals surface area contributed by atoms with Gasteiger partial charge in [0, 0.05) is 18.7 Å². The first kappa shape index (κ1) is 20.1. The average molecular weight is 392 g/mol. The molecule has 2 N–H and O–H groups in total. The molecule has 3 aromatic rings. The first-order chi connectivity index (χ1) is 14.1. The highest BCUT2D eigenvalue weighted by molar-refractivity contribution is 5.95. The summed E-state index contributed by atoms with van der Waals surface area (Å²) in [4.78, 5) is 24.2. The largest absolute Gasteiger partial charge is 0.493 e. The van der Waals surface area contributed by atoms with Crippen LogP contribution in [0.1, 0.15) is 35.8 Å². The molecule has 1 aromatic heterocycles. The molecule has 0 aliphatic carbocycles. The van der Waals surface area contributed by atoms with Crippen LogP contribution in [0.5, 0.6) is 5.75 Å². The second kappa shape index (κ2) is 9.54. The third kappa shape index (κ3) is 5.22. The number of hydrogen-bond donors (Lipinski definition) is 2. The summed E-state index contributed by atoms with van der Waals surface area (Å²) >= 11 is 0. The number of benzene rings is 2. The van der Waals surface area contributed by atoms with E-state index in [1.54, 1.807) is 10.9 Å². The Kier molecular flexibility index (Phi) is 6.63. The molecule has 150 valence electrons. The van der Waals surface area contributed by atoms with E-state index in [0.717, 1.165) is 23.4 Å². The summed E-state index contributed by atoms with van der Waals surface area (Å²) < 4.78 is 6.92. The van der Waals surface area contributed by atoms with E-state index in [-0.39, 0.29) is 17.5 Å². The minimum absolute atomic E-state index is 0.00495. The van der Waals surface area contributed by atoms with Gasteiger partial charge >= 0.3 is 0 Å². The third-order valence-corrected chi connectivity index (χ3v) is 4.30. The van der Waals surface area contributed by atoms with Crippen molar-refractivity contribution >= 4 is 17.5 Å². The molecule has 0 spiro atoms. The SMILES string of the molecule is CCCC(=O)Nc1ccc(CNC(=O)c2nn(-c3ccccc3)cc2OC)cc1. The van der Waals surface area contributed by atoms with Gasteiger partial charge < -0.3 is 15.4 Å². The molecule has 7 heteroatoms. The lowest BCUT2D eigenvalue weighted by Gasteiger charge is -2.07. The van der Waals surface area contributed by atoms with Crippen LogP contribution >= 0.6 is 0 Å². The maximum absolute atomic E-state index is 12.6. The summed E-state index contributed by atoms with van der Waals surface area (Å²) in [6.07, 6.45) is 2.98. The molecule has 0 aliphatic rings. The Balaban J connectivity index is 1.63. The zero-order valence-corrected chi connectivity index (χ0v) is 16.5. The molecule has 2 aromatic carbocycles. The van der Waals surface area contributed by atoms with Crippen LogP contribution in [0, 0.1) is 0 Å². The van der Waals surface area contributed by atoms with Crippen LogP contribution in [0.3, 0.4) is 0 Å². The van der Waals surface area contributed by atoms with Gasteiger partial charge in [-0.3, -0.25) is 9.59 Å². The van der Waals surface area contributed by atoms with Crippen LogP contribution in [0.4, 0.5) is 5.69 Å². The smallest absolute Gasteiger partial charge is 0.275 e. The van der Waals surface area contributed by atoms with Gasteiger partial charge in [-0.1, -0.05) is 37.3 Å². The third-order valence-electron chi connectivity index (χ3n) is 4.30. The van der Waals surface area contributed by atoms with E-state index in [0.29, 0.717) is 18.7 Å². The molecule has 0 unspecified atom stereocenters. The Bertz CT molecular complexity index is 965. The predicted octanol–water partition coefficient (Wildman–Crippen LogP) is 3.55. The van der Waals surface area contributed by atoms with E-state index in [1.165, 1.54) is 7.11 Å². The monoisotopic (exact) mass is 392 g/mol. The van der Waals surface area contributed by atoms with E-state index < -0.39 is 0 Å². The Hall–Kier alpha value is -3.61. The Morgan fingerprint density at radius 2 is 1.79 bits per heavy atom. The fourth-order valence-corrected chi connectivity index (χ4v) is 2.80. The number of aromatic nitrogens is 2. The summed E-state index contributed by atoms with van der Waals surface area (Å²) in [5.74, 6) is 0.0758. The van der Waals surface area contributed by atoms with Gasteiger partial charge in [-0.2, -0.15) is 5.10 Å². The normalized spacial score (nSPS) is 10.4. The molecule has 0 saturated heterocycles. The summed E-state index contributed by atoms with van der Waals surface area (Å²) in [6, 6.07) is 16.9. The maximum Gasteiger partial charge on any atom is 0.275 e. The van der Waals surface area contributed by atoms with E-state index in [1.807, 2.05) is 61.5 Å². The molecule has 0 atom stereocenters. The van der Waals surface area contributed by atoms with E-state index in [2.05, 4.69) is 15.7 Å². The van der Waals surface area contributed by atoms with Gasteiger partial charge in [-0.05, 0) is 36.2 Å². The van der Waals surface area contributed by atoms with E-state index in [4.69, 9.17) is 4.74 Å². The molecule has 3 rings (SSSR count). The van der Waals surface area contributed by atoms with Gasteiger partial charge in [0.2, 0.25) is 5.91 Å². The lowest BCUT2D eigenvalue weighted by molar-refractivity contribution is -0.116. The zero-order chi connectivity index (χ0) is 20.6. The van der Waals surface area contributed by atoms with Gasteiger partial charge in [-0.25, -0.2) is 4.68 Å². The Labute approximate surface area is 169 Å². The number of anilines is 1. The lowest BCUT2D eigenvalue weighted by atomic mass is 10.2. The molecule has 29 heavy (non-hydrogen) atoms. The van der Waals surface area contributed by atoms with Crippen LogP contribution in [0.25, 0.3) is 5.69 Å². The van der Waals surface area contributed by atoms with Crippen molar-refractivity contribution in [3.05, 3.63) is 72.1 Å². The summed E-state index contributed by atoms with van der Waals surface area (Å²) in [6.45, 7) is 2.30. The fraction of sp³-hybridized carbons (Fsp3) is 0.227. The molecular formula is C22H24N4O3. The van der Waals surface area contributed by atoms with Gasteiger partial charge in [0.25, 0.3) is 5.91 Å². The molecule has 0 fully saturated rings. The molecule has 7 nitrogen and oxygen atoms in total. The van der Waals surface area contributed by atoms with Crippen molar-refractivity contribution < 1.29 is 14.3 Å². The lowest BCUT2D eigenvalue weighted by Crippen LogP contribution is -2.24. The Morgan fingerprint density at radius 3 is 2.45 bits per heavy atom. The van der Waals surface area contributed by atoms with Crippen LogP contribution in [0.2, 0.25) is 0 Å². The van der Waals surface area contributed by atoms with Gasteiger partial charge in [0.1, 0.15) is 0 Å². The summed E-state index contributed by atoms with van der Waals surface area (Å²) in [5, 5.41) is 10.1. The van der Waals surface area contributed by atoms with Crippen molar-refractivity contribution in [2.75, 3.05) is 12.4 Å². The molecule has 0 bridgehead atoms. The van der Waals surface area contributed by atoms with E-state index in [9.17, 15) is 9.59 Å². The zero-order valence-electron chi connectivity index (χ0n) is 16.5. The number of carbonyl (C=O) groups is 2. The number of nitrogens with one attached hydrogen (secondary N) is 2. The molecule has 0 radical (unpaired) electrons. The number of ether oxygens (including phenoxy) is 1. The first-order valence-electron chi connectivity index (χ1n) is 9.46. The number of rotatable bonds is 8. The van der Waals surface area contributed by atoms with Gasteiger partial charge in [0.15, 0.2) is 11.4 Å². The van der Waals surface area contributed by atoms with Crippen molar-refractivity contribution in [3.8, 4) is 11.4 Å². The second-order valence-corrected chi connectivity index (χ2v) is 6.50. The van der Waals surface area contributed by atoms with Crippen molar-refractivity contribution in [1.29, 1.82) is 0 Å². The van der Waals surface area contributed by atoms with E-state index >= 15 is 0 Å². The highest BCUT2D eigenvalue weighted by Gasteiger charge is 2.18. The van der Waals surface area contributed by atoms with Crippen molar-refractivity contribution in [2.24, 2.45) is 0 Å². The molecular weight excluding hydrogens is 368 g/mol. The van der Waals surface area contributed by atoms with Crippen LogP contribution in [-0.4, -0.2) is 28.7 Å². The molecule has 2 amide bonds. The molecule has 0 aliphatic heterocycles. The number of nitrogens with zero attached hydrogens (tertiary/aromatic N) is 2. The van der Waals surface area contributed by atoms with Crippen LogP contribution in [-0.2, 0) is 11.3 Å². The summed E-state index contributed by atoms with van der Waals surface area (Å²) in [5.41, 5.74) is 2.71. The average Bonchev–Trinajstić information content (AvgIpc) is 3.18. The molecule has 1 heterocycles. The maximum atomic E-state index is 12.6. The summed E-state index contributed by atoms with van der Waals surface area (Å²) in [7, 11) is 1.51. The number of amides is 2. The first-order valence-corrected chi connectivity index (χ1v) is 9.46. The number of hydrogen-bond acceptors (Lipinski definition) is 4. The highest BCUT2D eigenvalue weighted by Crippen LogP contribution is 2.19. The van der Waals surface area contributed by atoms with Crippen molar-refractivity contribution in [1.82, 2.24) is 15.1 Å². The van der Waals surface area contributed by atoms with Gasteiger partial charge in [-0.15, -0.1) is 0 Å².